The van der Waals surface area contributed by atoms with Gasteiger partial charge in [0.2, 0.25) is 5.75 Å². The first-order chi connectivity index (χ1) is 17.1. The molecular formula is C25H18F3N3O5. The fourth-order valence-corrected chi connectivity index (χ4v) is 3.00. The summed E-state index contributed by atoms with van der Waals surface area (Å²) in [6, 6.07) is 16.1. The Bertz CT molecular complexity index is 1330. The van der Waals surface area contributed by atoms with Crippen molar-refractivity contribution in [1.29, 1.82) is 5.26 Å². The number of nitrogens with zero attached hydrogens (tertiary/aromatic N) is 2. The summed E-state index contributed by atoms with van der Waals surface area (Å²) >= 11 is 0. The summed E-state index contributed by atoms with van der Waals surface area (Å²) in [5.41, 5.74) is -1.29. The minimum absolute atomic E-state index is 0.104. The number of nitrogens with one attached hydrogen (secondary N) is 1. The maximum atomic E-state index is 12.9. The Labute approximate surface area is 203 Å². The molecule has 0 atom stereocenters. The fraction of sp³-hybridized carbons (Fsp3) is 0.120. The molecule has 8 nitrogen and oxygen atoms in total. The Kier molecular flexibility index (Phi) is 7.91. The number of carbonyl (C=O) groups is 1. The SMILES string of the molecule is CCOc1ccc(NC(=O)/C(C#N)=C/c2ccc(Oc3ccc(C(F)(F)F)cc3[N+](=O)[O-])cc2)cc1. The molecule has 3 aromatic carbocycles. The summed E-state index contributed by atoms with van der Waals surface area (Å²) < 4.78 is 49.3. The molecule has 0 radical (unpaired) electrons. The number of nitro benzene ring substituents is 1. The number of rotatable bonds is 8. The van der Waals surface area contributed by atoms with E-state index in [0.717, 1.165) is 6.07 Å². The second-order valence-corrected chi connectivity index (χ2v) is 7.19. The molecule has 0 bridgehead atoms. The second-order valence-electron chi connectivity index (χ2n) is 7.19. The topological polar surface area (TPSA) is 114 Å². The van der Waals surface area contributed by atoms with E-state index in [2.05, 4.69) is 5.32 Å². The number of benzene rings is 3. The van der Waals surface area contributed by atoms with Crippen LogP contribution >= 0.6 is 0 Å². The molecule has 11 heteroatoms. The van der Waals surface area contributed by atoms with Crippen LogP contribution in [0.4, 0.5) is 24.5 Å². The molecule has 0 aromatic heterocycles. The molecule has 36 heavy (non-hydrogen) atoms. The predicted molar refractivity (Wildman–Crippen MR) is 124 cm³/mol. The molecule has 0 saturated heterocycles. The van der Waals surface area contributed by atoms with E-state index in [9.17, 15) is 33.3 Å². The van der Waals surface area contributed by atoms with E-state index in [1.807, 2.05) is 13.0 Å². The van der Waals surface area contributed by atoms with Crippen LogP contribution in [-0.2, 0) is 11.0 Å². The number of amides is 1. The van der Waals surface area contributed by atoms with Crippen LogP contribution in [0.15, 0.2) is 72.3 Å². The maximum Gasteiger partial charge on any atom is 0.416 e. The van der Waals surface area contributed by atoms with E-state index in [1.54, 1.807) is 24.3 Å². The van der Waals surface area contributed by atoms with Crippen molar-refractivity contribution in [3.8, 4) is 23.3 Å². The maximum absolute atomic E-state index is 12.9. The molecule has 0 aliphatic carbocycles. The van der Waals surface area contributed by atoms with Crippen LogP contribution < -0.4 is 14.8 Å². The highest BCUT2D eigenvalue weighted by atomic mass is 19.4. The van der Waals surface area contributed by atoms with Gasteiger partial charge in [-0.2, -0.15) is 18.4 Å². The van der Waals surface area contributed by atoms with Crippen LogP contribution in [0.5, 0.6) is 17.2 Å². The highest BCUT2D eigenvalue weighted by molar-refractivity contribution is 6.09. The van der Waals surface area contributed by atoms with Crippen LogP contribution in [0.3, 0.4) is 0 Å². The average molecular weight is 497 g/mol. The van der Waals surface area contributed by atoms with Gasteiger partial charge >= 0.3 is 11.9 Å². The van der Waals surface area contributed by atoms with Crippen LogP contribution in [0.1, 0.15) is 18.1 Å². The van der Waals surface area contributed by atoms with Crippen molar-refractivity contribution in [2.75, 3.05) is 11.9 Å². The van der Waals surface area contributed by atoms with Gasteiger partial charge in [-0.15, -0.1) is 0 Å². The number of halogens is 3. The number of hydrogen-bond acceptors (Lipinski definition) is 6. The second kappa shape index (κ2) is 11.1. The number of nitriles is 1. The first kappa shape index (κ1) is 25.8. The van der Waals surface area contributed by atoms with E-state index in [-0.39, 0.29) is 17.1 Å². The number of alkyl halides is 3. The van der Waals surface area contributed by atoms with Crippen molar-refractivity contribution >= 4 is 23.4 Å². The Morgan fingerprint density at radius 1 is 1.08 bits per heavy atom. The van der Waals surface area contributed by atoms with Crippen molar-refractivity contribution in [3.63, 3.8) is 0 Å². The Balaban J connectivity index is 1.74. The highest BCUT2D eigenvalue weighted by Crippen LogP contribution is 2.37. The van der Waals surface area contributed by atoms with Gasteiger partial charge in [-0.25, -0.2) is 0 Å². The monoisotopic (exact) mass is 497 g/mol. The summed E-state index contributed by atoms with van der Waals surface area (Å²) in [7, 11) is 0. The largest absolute Gasteiger partial charge is 0.494 e. The molecule has 0 unspecified atom stereocenters. The third-order valence-corrected chi connectivity index (χ3v) is 4.69. The first-order valence-corrected chi connectivity index (χ1v) is 10.4. The van der Waals surface area contributed by atoms with Gasteiger partial charge in [0.15, 0.2) is 0 Å². The summed E-state index contributed by atoms with van der Waals surface area (Å²) in [5, 5.41) is 23.2. The van der Waals surface area contributed by atoms with E-state index < -0.39 is 28.3 Å². The minimum Gasteiger partial charge on any atom is -0.494 e. The standard InChI is InChI=1S/C25H18F3N3O5/c1-2-35-20-10-6-19(7-11-20)30-24(32)17(15-29)13-16-3-8-21(9-4-16)36-23-12-5-18(25(26,27)28)14-22(23)31(33)34/h3-14H,2H2,1H3,(H,30,32)/b17-13+. The molecule has 3 rings (SSSR count). The lowest BCUT2D eigenvalue weighted by Crippen LogP contribution is -2.13. The summed E-state index contributed by atoms with van der Waals surface area (Å²) in [5.74, 6) is -0.269. The third-order valence-electron chi connectivity index (χ3n) is 4.69. The fourth-order valence-electron chi connectivity index (χ4n) is 3.00. The molecule has 0 fully saturated rings. The van der Waals surface area contributed by atoms with Gasteiger partial charge < -0.3 is 14.8 Å². The van der Waals surface area contributed by atoms with Gasteiger partial charge in [0.25, 0.3) is 5.91 Å². The zero-order valence-electron chi connectivity index (χ0n) is 18.7. The van der Waals surface area contributed by atoms with E-state index in [1.165, 1.54) is 30.3 Å². The Hall–Kier alpha value is -4.85. The number of anilines is 1. The van der Waals surface area contributed by atoms with Gasteiger partial charge in [0.1, 0.15) is 23.1 Å². The van der Waals surface area contributed by atoms with Crippen LogP contribution in [0.25, 0.3) is 6.08 Å². The van der Waals surface area contributed by atoms with E-state index >= 15 is 0 Å². The predicted octanol–water partition coefficient (Wildman–Crippen LogP) is 6.35. The molecule has 1 N–H and O–H groups in total. The molecule has 3 aromatic rings. The number of nitro groups is 1. The zero-order chi connectivity index (χ0) is 26.3. The number of carbonyl (C=O) groups excluding carboxylic acids is 1. The zero-order valence-corrected chi connectivity index (χ0v) is 18.7. The summed E-state index contributed by atoms with van der Waals surface area (Å²) in [6.07, 6.45) is -3.41. The lowest BCUT2D eigenvalue weighted by Gasteiger charge is -2.10. The number of ether oxygens (including phenoxy) is 2. The lowest BCUT2D eigenvalue weighted by atomic mass is 10.1. The molecular weight excluding hydrogens is 479 g/mol. The number of hydrogen-bond donors (Lipinski definition) is 1. The van der Waals surface area contributed by atoms with Crippen molar-refractivity contribution < 1.29 is 32.4 Å². The average Bonchev–Trinajstić information content (AvgIpc) is 2.84. The highest BCUT2D eigenvalue weighted by Gasteiger charge is 2.33. The smallest absolute Gasteiger partial charge is 0.416 e. The Morgan fingerprint density at radius 2 is 1.72 bits per heavy atom. The molecule has 184 valence electrons. The molecule has 0 aliphatic rings. The van der Waals surface area contributed by atoms with Crippen molar-refractivity contribution in [3.05, 3.63) is 93.5 Å². The third kappa shape index (κ3) is 6.60. The van der Waals surface area contributed by atoms with Crippen molar-refractivity contribution in [1.82, 2.24) is 0 Å². The van der Waals surface area contributed by atoms with Crippen molar-refractivity contribution in [2.24, 2.45) is 0 Å². The quantitative estimate of drug-likeness (QED) is 0.168. The molecule has 0 spiro atoms. The van der Waals surface area contributed by atoms with E-state index in [0.29, 0.717) is 35.7 Å². The molecule has 0 heterocycles. The molecule has 0 saturated carbocycles. The van der Waals surface area contributed by atoms with Gasteiger partial charge in [0.05, 0.1) is 17.1 Å². The van der Waals surface area contributed by atoms with Crippen molar-refractivity contribution in [2.45, 2.75) is 13.1 Å². The minimum atomic E-state index is -4.74. The summed E-state index contributed by atoms with van der Waals surface area (Å²) in [4.78, 5) is 22.7. The normalized spacial score (nSPS) is 11.4. The molecule has 1 amide bonds. The van der Waals surface area contributed by atoms with Gasteiger partial charge in [0, 0.05) is 11.8 Å². The van der Waals surface area contributed by atoms with Crippen LogP contribution in [0, 0.1) is 21.4 Å². The lowest BCUT2D eigenvalue weighted by molar-refractivity contribution is -0.385. The molecule has 0 aliphatic heterocycles. The Morgan fingerprint density at radius 3 is 2.28 bits per heavy atom. The van der Waals surface area contributed by atoms with Gasteiger partial charge in [-0.05, 0) is 67.1 Å². The van der Waals surface area contributed by atoms with Gasteiger partial charge in [-0.3, -0.25) is 14.9 Å². The van der Waals surface area contributed by atoms with E-state index in [4.69, 9.17) is 9.47 Å². The van der Waals surface area contributed by atoms with Crippen LogP contribution in [0.2, 0.25) is 0 Å². The van der Waals surface area contributed by atoms with Gasteiger partial charge in [-0.1, -0.05) is 12.1 Å². The summed E-state index contributed by atoms with van der Waals surface area (Å²) in [6.45, 7) is 2.34. The first-order valence-electron chi connectivity index (χ1n) is 10.4. The van der Waals surface area contributed by atoms with Crippen LogP contribution in [-0.4, -0.2) is 17.4 Å².